The molecule has 0 spiro atoms. The standard InChI is InChI=1S/C47H63F2N5O6/c1-3-21-56-22-23-57-24-25-58-26-27-59-28-29-60-43-13-9-35(10-14-43)38-30-39(31-38)45-52-51-34(2)54(45)42-32-40-11-12-41(33-42)53(40)20-17-44(36-7-5-4-6-8-36)50-46(55)37-15-18-47(48,49)19-16-37/h1,4-10,13-14,37-42,44H,11-12,15-33H2,2H3,(H,50,55)/t38?,39?,40?,41?,42?,44-/m0/s1. The summed E-state index contributed by atoms with van der Waals surface area (Å²) in [5.74, 6) is 3.18. The van der Waals surface area contributed by atoms with Gasteiger partial charge in [0.05, 0.1) is 52.3 Å². The fraction of sp³-hybridized carbons (Fsp3) is 0.638. The molecule has 2 bridgehead atoms. The van der Waals surface area contributed by atoms with Crippen LogP contribution >= 0.6 is 0 Å². The van der Waals surface area contributed by atoms with Gasteiger partial charge in [0.2, 0.25) is 11.8 Å². The van der Waals surface area contributed by atoms with Gasteiger partial charge in [0.25, 0.3) is 0 Å². The Kier molecular flexibility index (Phi) is 16.0. The van der Waals surface area contributed by atoms with Crippen molar-refractivity contribution in [3.63, 3.8) is 0 Å². The molecule has 4 aliphatic rings. The fourth-order valence-electron chi connectivity index (χ4n) is 9.76. The van der Waals surface area contributed by atoms with Crippen LogP contribution in [0.4, 0.5) is 8.78 Å². The second-order valence-electron chi connectivity index (χ2n) is 17.0. The smallest absolute Gasteiger partial charge is 0.248 e. The molecule has 326 valence electrons. The number of fused-ring (bicyclic) bond motifs is 2. The van der Waals surface area contributed by atoms with Crippen molar-refractivity contribution in [2.45, 2.75) is 119 Å². The normalized spacial score (nSPS) is 24.4. The van der Waals surface area contributed by atoms with Crippen molar-refractivity contribution in [2.24, 2.45) is 5.92 Å². The Labute approximate surface area is 354 Å². The number of benzene rings is 2. The van der Waals surface area contributed by atoms with Crippen molar-refractivity contribution in [3.05, 3.63) is 77.4 Å². The lowest BCUT2D eigenvalue weighted by Crippen LogP contribution is -2.45. The third-order valence-corrected chi connectivity index (χ3v) is 13.1. The molecule has 7 rings (SSSR count). The largest absolute Gasteiger partial charge is 0.491 e. The van der Waals surface area contributed by atoms with Gasteiger partial charge in [0, 0.05) is 49.3 Å². The van der Waals surface area contributed by atoms with Gasteiger partial charge < -0.3 is 33.6 Å². The summed E-state index contributed by atoms with van der Waals surface area (Å²) in [6.45, 7) is 7.24. The van der Waals surface area contributed by atoms with E-state index in [2.05, 4.69) is 69.1 Å². The molecule has 1 aromatic heterocycles. The third kappa shape index (κ3) is 11.9. The molecule has 3 aromatic rings. The van der Waals surface area contributed by atoms with Gasteiger partial charge in [-0.15, -0.1) is 16.6 Å². The monoisotopic (exact) mass is 831 g/mol. The van der Waals surface area contributed by atoms with Crippen LogP contribution in [0, 0.1) is 25.2 Å². The predicted octanol–water partition coefficient (Wildman–Crippen LogP) is 7.57. The molecular weight excluding hydrogens is 769 g/mol. The average molecular weight is 832 g/mol. The van der Waals surface area contributed by atoms with Crippen molar-refractivity contribution < 1.29 is 37.3 Å². The number of terminal acetylenes is 1. The molecule has 2 saturated carbocycles. The number of alkyl halides is 2. The topological polar surface area (TPSA) is 109 Å². The van der Waals surface area contributed by atoms with E-state index in [1.165, 1.54) is 18.4 Å². The van der Waals surface area contributed by atoms with Gasteiger partial charge in [0.15, 0.2) is 0 Å². The highest BCUT2D eigenvalue weighted by Gasteiger charge is 2.44. The van der Waals surface area contributed by atoms with E-state index in [4.69, 9.17) is 35.2 Å². The number of halogens is 2. The number of aryl methyl sites for hydroxylation is 1. The summed E-state index contributed by atoms with van der Waals surface area (Å²) in [5.41, 5.74) is 2.40. The van der Waals surface area contributed by atoms with Crippen LogP contribution in [-0.2, 0) is 23.7 Å². The van der Waals surface area contributed by atoms with Crippen LogP contribution < -0.4 is 10.1 Å². The van der Waals surface area contributed by atoms with E-state index in [1.807, 2.05) is 18.2 Å². The minimum Gasteiger partial charge on any atom is -0.491 e. The van der Waals surface area contributed by atoms with E-state index in [9.17, 15) is 13.6 Å². The number of piperidine rings is 1. The van der Waals surface area contributed by atoms with Crippen LogP contribution in [0.25, 0.3) is 0 Å². The van der Waals surface area contributed by atoms with Gasteiger partial charge in [-0.25, -0.2) is 8.78 Å². The zero-order valence-electron chi connectivity index (χ0n) is 35.2. The Morgan fingerprint density at radius 3 is 2.05 bits per heavy atom. The highest BCUT2D eigenvalue weighted by Crippen LogP contribution is 2.49. The lowest BCUT2D eigenvalue weighted by Gasteiger charge is -2.42. The van der Waals surface area contributed by atoms with Crippen LogP contribution in [0.3, 0.4) is 0 Å². The molecule has 0 radical (unpaired) electrons. The van der Waals surface area contributed by atoms with Crippen molar-refractivity contribution >= 4 is 5.91 Å². The van der Waals surface area contributed by atoms with Crippen LogP contribution in [0.5, 0.6) is 5.75 Å². The minimum absolute atomic E-state index is 0.0875. The highest BCUT2D eigenvalue weighted by atomic mass is 19.3. The van der Waals surface area contributed by atoms with E-state index in [0.717, 1.165) is 61.6 Å². The van der Waals surface area contributed by atoms with Gasteiger partial charge in [0.1, 0.15) is 30.6 Å². The molecule has 2 aliphatic carbocycles. The van der Waals surface area contributed by atoms with Gasteiger partial charge in [-0.2, -0.15) is 0 Å². The zero-order valence-corrected chi connectivity index (χ0v) is 35.2. The van der Waals surface area contributed by atoms with E-state index >= 15 is 0 Å². The van der Waals surface area contributed by atoms with Gasteiger partial charge in [-0.3, -0.25) is 9.69 Å². The Morgan fingerprint density at radius 2 is 1.42 bits per heavy atom. The van der Waals surface area contributed by atoms with Crippen LogP contribution in [-0.4, -0.2) is 110 Å². The maximum atomic E-state index is 13.8. The van der Waals surface area contributed by atoms with Crippen molar-refractivity contribution in [1.29, 1.82) is 0 Å². The van der Waals surface area contributed by atoms with Crippen LogP contribution in [0.15, 0.2) is 54.6 Å². The van der Waals surface area contributed by atoms with Crippen molar-refractivity contribution in [1.82, 2.24) is 25.0 Å². The summed E-state index contributed by atoms with van der Waals surface area (Å²) in [4.78, 5) is 16.0. The van der Waals surface area contributed by atoms with Crippen molar-refractivity contribution in [3.8, 4) is 18.1 Å². The highest BCUT2D eigenvalue weighted by molar-refractivity contribution is 5.79. The first-order chi connectivity index (χ1) is 29.3. The summed E-state index contributed by atoms with van der Waals surface area (Å²) in [7, 11) is 0. The third-order valence-electron chi connectivity index (χ3n) is 13.1. The molecule has 3 atom stereocenters. The number of rotatable bonds is 23. The Hall–Kier alpha value is -3.93. The summed E-state index contributed by atoms with van der Waals surface area (Å²) in [5, 5.41) is 12.7. The number of hydrogen-bond acceptors (Lipinski definition) is 9. The first-order valence-electron chi connectivity index (χ1n) is 22.2. The number of nitrogens with zero attached hydrogens (tertiary/aromatic N) is 4. The Morgan fingerprint density at radius 1 is 0.800 bits per heavy atom. The molecule has 2 saturated heterocycles. The maximum absolute atomic E-state index is 13.8. The molecule has 3 heterocycles. The summed E-state index contributed by atoms with van der Waals surface area (Å²) < 4.78 is 57.8. The lowest BCUT2D eigenvalue weighted by molar-refractivity contribution is -0.130. The fourth-order valence-corrected chi connectivity index (χ4v) is 9.76. The summed E-state index contributed by atoms with van der Waals surface area (Å²) in [6, 6.07) is 19.8. The molecule has 1 amide bonds. The number of ether oxygens (including phenoxy) is 5. The quantitative estimate of drug-likeness (QED) is 0.0765. The number of carbonyl (C=O) groups excluding carboxylic acids is 1. The molecule has 11 nitrogen and oxygen atoms in total. The number of carbonyl (C=O) groups is 1. The maximum Gasteiger partial charge on any atom is 0.248 e. The lowest BCUT2D eigenvalue weighted by atomic mass is 9.71. The van der Waals surface area contributed by atoms with Crippen LogP contribution in [0.2, 0.25) is 0 Å². The molecule has 2 unspecified atom stereocenters. The molecule has 4 fully saturated rings. The second-order valence-corrected chi connectivity index (χ2v) is 17.0. The van der Waals surface area contributed by atoms with Crippen LogP contribution in [0.1, 0.15) is 117 Å². The number of aromatic nitrogens is 3. The van der Waals surface area contributed by atoms with E-state index in [1.54, 1.807) is 0 Å². The van der Waals surface area contributed by atoms with E-state index in [0.29, 0.717) is 89.4 Å². The van der Waals surface area contributed by atoms with Crippen molar-refractivity contribution in [2.75, 3.05) is 66.0 Å². The first-order valence-corrected chi connectivity index (χ1v) is 22.2. The minimum atomic E-state index is -2.65. The molecular formula is C47H63F2N5O6. The zero-order chi connectivity index (χ0) is 41.7. The second kappa shape index (κ2) is 21.7. The molecule has 1 N–H and O–H groups in total. The Bertz CT molecular complexity index is 1790. The number of nitrogens with one attached hydrogen (secondary N) is 1. The van der Waals surface area contributed by atoms with E-state index in [-0.39, 0.29) is 43.6 Å². The molecule has 13 heteroatoms. The van der Waals surface area contributed by atoms with Gasteiger partial charge in [-0.1, -0.05) is 48.4 Å². The van der Waals surface area contributed by atoms with Gasteiger partial charge in [-0.05, 0) is 93.9 Å². The average Bonchev–Trinajstić information content (AvgIpc) is 3.72. The molecule has 60 heavy (non-hydrogen) atoms. The predicted molar refractivity (Wildman–Crippen MR) is 224 cm³/mol. The van der Waals surface area contributed by atoms with E-state index < -0.39 is 5.92 Å². The SMILES string of the molecule is C#CCOCCOCCOCCOCCOc1ccc(C2CC(c3nnc(C)n3C3CC4CCC(C3)N4CC[C@H](NC(=O)C3CCC(F)(F)CC3)c3ccccc3)C2)cc1. The first kappa shape index (κ1) is 44.1. The molecule has 2 aliphatic heterocycles. The summed E-state index contributed by atoms with van der Waals surface area (Å²) in [6.07, 6.45) is 12.6. The number of amides is 1. The van der Waals surface area contributed by atoms with Gasteiger partial charge >= 0.3 is 0 Å². The number of hydrogen-bond donors (Lipinski definition) is 1. The Balaban J connectivity index is 0.827. The summed E-state index contributed by atoms with van der Waals surface area (Å²) >= 11 is 0. The molecule has 2 aromatic carbocycles.